The van der Waals surface area contributed by atoms with Gasteiger partial charge in [0, 0.05) is 20.3 Å². The molecule has 0 radical (unpaired) electrons. The van der Waals surface area contributed by atoms with Gasteiger partial charge in [-0.25, -0.2) is 9.78 Å². The second kappa shape index (κ2) is 7.37. The zero-order chi connectivity index (χ0) is 15.1. The Bertz CT molecular complexity index is 488. The van der Waals surface area contributed by atoms with Gasteiger partial charge in [-0.05, 0) is 26.1 Å². The van der Waals surface area contributed by atoms with Crippen molar-refractivity contribution in [2.24, 2.45) is 0 Å². The lowest BCUT2D eigenvalue weighted by Gasteiger charge is -2.28. The maximum absolute atomic E-state index is 11.6. The van der Waals surface area contributed by atoms with Crippen LogP contribution in [0.4, 0.5) is 11.5 Å². The number of carbonyl (C=O) groups excluding carboxylic acids is 1. The average Bonchev–Trinajstić information content (AvgIpc) is 2.50. The van der Waals surface area contributed by atoms with Gasteiger partial charge in [0.05, 0.1) is 24.5 Å². The molecular formula is C14H22N4O2. The van der Waals surface area contributed by atoms with Gasteiger partial charge in [0.1, 0.15) is 5.82 Å². The van der Waals surface area contributed by atoms with Gasteiger partial charge in [-0.2, -0.15) is 0 Å². The highest BCUT2D eigenvalue weighted by molar-refractivity contribution is 5.91. The topological polar surface area (TPSA) is 66.5 Å². The lowest BCUT2D eigenvalue weighted by Crippen LogP contribution is -2.39. The molecule has 0 aromatic carbocycles. The molecule has 1 atom stereocenters. The molecule has 1 unspecified atom stereocenters. The van der Waals surface area contributed by atoms with Crippen LogP contribution < -0.4 is 15.5 Å². The normalized spacial score (nSPS) is 12.1. The predicted octanol–water partition coefficient (Wildman–Crippen LogP) is 1.82. The summed E-state index contributed by atoms with van der Waals surface area (Å²) in [7, 11) is 5.08. The summed E-state index contributed by atoms with van der Waals surface area (Å²) in [4.78, 5) is 17.8. The van der Waals surface area contributed by atoms with Crippen LogP contribution in [0.15, 0.2) is 24.5 Å². The van der Waals surface area contributed by atoms with Crippen molar-refractivity contribution in [2.45, 2.75) is 20.0 Å². The fourth-order valence-corrected chi connectivity index (χ4v) is 1.70. The minimum absolute atomic E-state index is 0.0491. The molecular weight excluding hydrogens is 256 g/mol. The molecule has 0 aliphatic rings. The Hall–Kier alpha value is -2.24. The molecule has 0 aliphatic carbocycles. The maximum Gasteiger partial charge on any atom is 0.339 e. The lowest BCUT2D eigenvalue weighted by molar-refractivity contribution is 0.0600. The van der Waals surface area contributed by atoms with Crippen LogP contribution in [0.2, 0.25) is 0 Å². The van der Waals surface area contributed by atoms with Crippen LogP contribution in [0.5, 0.6) is 0 Å². The van der Waals surface area contributed by atoms with Crippen molar-refractivity contribution in [3.05, 3.63) is 30.1 Å². The van der Waals surface area contributed by atoms with Crippen LogP contribution >= 0.6 is 0 Å². The van der Waals surface area contributed by atoms with Gasteiger partial charge in [-0.15, -0.1) is 0 Å². The SMILES string of the molecule is C/C=C\NC(C)N(C)c1cc(C(=O)OC)cnc1NC. The van der Waals surface area contributed by atoms with Gasteiger partial charge >= 0.3 is 5.97 Å². The molecule has 20 heavy (non-hydrogen) atoms. The third-order valence-electron chi connectivity index (χ3n) is 2.99. The number of ether oxygens (including phenoxy) is 1. The van der Waals surface area contributed by atoms with Crippen molar-refractivity contribution in [2.75, 3.05) is 31.4 Å². The van der Waals surface area contributed by atoms with Crippen LogP contribution in [0.1, 0.15) is 24.2 Å². The second-order valence-corrected chi connectivity index (χ2v) is 4.29. The molecule has 110 valence electrons. The monoisotopic (exact) mass is 278 g/mol. The molecule has 2 N–H and O–H groups in total. The van der Waals surface area contributed by atoms with Gasteiger partial charge in [-0.3, -0.25) is 0 Å². The van der Waals surface area contributed by atoms with Gasteiger partial charge in [0.2, 0.25) is 0 Å². The number of methoxy groups -OCH3 is 1. The Kier molecular flexibility index (Phi) is 5.83. The largest absolute Gasteiger partial charge is 0.465 e. The van der Waals surface area contributed by atoms with Gasteiger partial charge in [0.15, 0.2) is 0 Å². The van der Waals surface area contributed by atoms with Gasteiger partial charge in [-0.1, -0.05) is 6.08 Å². The molecule has 0 spiro atoms. The highest BCUT2D eigenvalue weighted by Crippen LogP contribution is 2.25. The number of esters is 1. The second-order valence-electron chi connectivity index (χ2n) is 4.29. The first-order valence-corrected chi connectivity index (χ1v) is 6.41. The van der Waals surface area contributed by atoms with Crippen molar-refractivity contribution in [1.29, 1.82) is 0 Å². The molecule has 1 rings (SSSR count). The van der Waals surface area contributed by atoms with Crippen LogP contribution in [0.3, 0.4) is 0 Å². The average molecular weight is 278 g/mol. The van der Waals surface area contributed by atoms with Crippen LogP contribution in [0.25, 0.3) is 0 Å². The van der Waals surface area contributed by atoms with Crippen LogP contribution in [-0.4, -0.2) is 38.3 Å². The molecule has 1 aromatic heterocycles. The van der Waals surface area contributed by atoms with Crippen LogP contribution in [-0.2, 0) is 4.74 Å². The van der Waals surface area contributed by atoms with Crippen molar-refractivity contribution in [3.63, 3.8) is 0 Å². The maximum atomic E-state index is 11.6. The molecule has 0 amide bonds. The number of hydrogen-bond donors (Lipinski definition) is 2. The summed E-state index contributed by atoms with van der Waals surface area (Å²) < 4.78 is 4.73. The minimum Gasteiger partial charge on any atom is -0.465 e. The first-order chi connectivity index (χ1) is 9.54. The number of nitrogens with one attached hydrogen (secondary N) is 2. The summed E-state index contributed by atoms with van der Waals surface area (Å²) in [5.41, 5.74) is 1.24. The van der Waals surface area contributed by atoms with E-state index in [2.05, 4.69) is 15.6 Å². The van der Waals surface area contributed by atoms with E-state index in [9.17, 15) is 4.79 Å². The van der Waals surface area contributed by atoms with E-state index < -0.39 is 5.97 Å². The van der Waals surface area contributed by atoms with E-state index in [1.165, 1.54) is 13.3 Å². The summed E-state index contributed by atoms with van der Waals surface area (Å²) in [5.74, 6) is 0.304. The van der Waals surface area contributed by atoms with Crippen molar-refractivity contribution in [3.8, 4) is 0 Å². The van der Waals surface area contributed by atoms with E-state index in [0.29, 0.717) is 11.4 Å². The number of aromatic nitrogens is 1. The number of hydrogen-bond acceptors (Lipinski definition) is 6. The van der Waals surface area contributed by atoms with Gasteiger partial charge in [0.25, 0.3) is 0 Å². The smallest absolute Gasteiger partial charge is 0.339 e. The van der Waals surface area contributed by atoms with Crippen LogP contribution in [0, 0.1) is 0 Å². The lowest BCUT2D eigenvalue weighted by atomic mass is 10.2. The molecule has 0 fully saturated rings. The molecule has 0 saturated carbocycles. The van der Waals surface area contributed by atoms with E-state index in [1.807, 2.05) is 38.1 Å². The van der Waals surface area contributed by atoms with E-state index in [0.717, 1.165) is 5.69 Å². The molecule has 1 heterocycles. The molecule has 0 saturated heterocycles. The highest BCUT2D eigenvalue weighted by atomic mass is 16.5. The summed E-state index contributed by atoms with van der Waals surface area (Å²) >= 11 is 0. The number of nitrogens with zero attached hydrogens (tertiary/aromatic N) is 2. The first-order valence-electron chi connectivity index (χ1n) is 6.41. The summed E-state index contributed by atoms with van der Waals surface area (Å²) in [6, 6.07) is 1.76. The Morgan fingerprint density at radius 2 is 2.25 bits per heavy atom. The standard InChI is InChI=1S/C14H22N4O2/c1-6-7-16-10(2)18(4)12-8-11(14(19)20-5)9-17-13(12)15-3/h6-10,16H,1-5H3,(H,15,17)/b7-6-. The Morgan fingerprint density at radius 1 is 1.55 bits per heavy atom. The third kappa shape index (κ3) is 3.63. The van der Waals surface area contributed by atoms with Crippen molar-refractivity contribution < 1.29 is 9.53 Å². The zero-order valence-corrected chi connectivity index (χ0v) is 12.6. The molecule has 6 nitrogen and oxygen atoms in total. The summed E-state index contributed by atoms with van der Waals surface area (Å²) in [5, 5.41) is 6.24. The molecule has 1 aromatic rings. The quantitative estimate of drug-likeness (QED) is 0.611. The predicted molar refractivity (Wildman–Crippen MR) is 80.9 cm³/mol. The summed E-state index contributed by atoms with van der Waals surface area (Å²) in [6.07, 6.45) is 5.34. The number of pyridine rings is 1. The zero-order valence-electron chi connectivity index (χ0n) is 12.6. The van der Waals surface area contributed by atoms with Crippen molar-refractivity contribution in [1.82, 2.24) is 10.3 Å². The number of carbonyl (C=O) groups is 1. The summed E-state index contributed by atoms with van der Waals surface area (Å²) in [6.45, 7) is 3.96. The molecule has 0 bridgehead atoms. The Balaban J connectivity index is 3.09. The van der Waals surface area contributed by atoms with Crippen molar-refractivity contribution >= 4 is 17.5 Å². The van der Waals surface area contributed by atoms with E-state index in [4.69, 9.17) is 4.74 Å². The molecule has 6 heteroatoms. The number of allylic oxidation sites excluding steroid dienone is 1. The molecule has 0 aliphatic heterocycles. The van der Waals surface area contributed by atoms with E-state index in [-0.39, 0.29) is 6.17 Å². The Labute approximate surface area is 119 Å². The first kappa shape index (κ1) is 15.8. The van der Waals surface area contributed by atoms with Gasteiger partial charge < -0.3 is 20.3 Å². The Morgan fingerprint density at radius 3 is 2.80 bits per heavy atom. The highest BCUT2D eigenvalue weighted by Gasteiger charge is 2.16. The third-order valence-corrected chi connectivity index (χ3v) is 2.99. The number of rotatable bonds is 6. The minimum atomic E-state index is -0.399. The van der Waals surface area contributed by atoms with E-state index in [1.54, 1.807) is 13.1 Å². The van der Waals surface area contributed by atoms with E-state index >= 15 is 0 Å². The number of anilines is 2. The fraction of sp³-hybridized carbons (Fsp3) is 0.429. The fourth-order valence-electron chi connectivity index (χ4n) is 1.70.